The summed E-state index contributed by atoms with van der Waals surface area (Å²) < 4.78 is 38.5. The van der Waals surface area contributed by atoms with Crippen molar-refractivity contribution in [1.82, 2.24) is 15.8 Å². The van der Waals surface area contributed by atoms with Crippen molar-refractivity contribution in [3.8, 4) is 0 Å². The first-order valence-corrected chi connectivity index (χ1v) is 6.10. The number of hydrogen-bond donors (Lipinski definition) is 3. The van der Waals surface area contributed by atoms with Crippen LogP contribution in [0.4, 0.5) is 13.2 Å². The predicted octanol–water partition coefficient (Wildman–Crippen LogP) is 0.213. The molecule has 1 saturated heterocycles. The number of halogens is 3. The maximum absolute atomic E-state index is 12.8. The molecule has 116 valence electrons. The van der Waals surface area contributed by atoms with E-state index >= 15 is 0 Å². The number of carbonyl (C=O) groups excluding carboxylic acids is 1. The quantitative estimate of drug-likeness (QED) is 0.477. The van der Waals surface area contributed by atoms with Crippen LogP contribution in [0.1, 0.15) is 20.8 Å². The number of nitrogens with zero attached hydrogens (tertiary/aromatic N) is 2. The van der Waals surface area contributed by atoms with Crippen LogP contribution in [0.5, 0.6) is 0 Å². The van der Waals surface area contributed by atoms with Gasteiger partial charge in [0.05, 0.1) is 11.5 Å². The summed E-state index contributed by atoms with van der Waals surface area (Å²) in [6.45, 7) is 5.22. The number of carbonyl (C=O) groups is 1. The van der Waals surface area contributed by atoms with E-state index in [0.717, 1.165) is 0 Å². The molecule has 0 aromatic rings. The molecule has 0 saturated carbocycles. The van der Waals surface area contributed by atoms with Crippen LogP contribution in [-0.4, -0.2) is 48.2 Å². The lowest BCUT2D eigenvalue weighted by atomic mass is 10.0. The molecule has 1 fully saturated rings. The van der Waals surface area contributed by atoms with Crippen LogP contribution < -0.4 is 16.5 Å². The molecule has 1 amide bonds. The minimum absolute atomic E-state index is 0.0567. The molecule has 1 heterocycles. The third-order valence-corrected chi connectivity index (χ3v) is 2.63. The van der Waals surface area contributed by atoms with Crippen LogP contribution in [0.3, 0.4) is 0 Å². The average molecular weight is 295 g/mol. The molecule has 1 rings (SSSR count). The Kier molecular flexibility index (Phi) is 4.65. The fourth-order valence-electron chi connectivity index (χ4n) is 1.92. The molecule has 20 heavy (non-hydrogen) atoms. The van der Waals surface area contributed by atoms with Gasteiger partial charge in [-0.15, -0.1) is 0 Å². The first-order valence-electron chi connectivity index (χ1n) is 6.10. The summed E-state index contributed by atoms with van der Waals surface area (Å²) in [6, 6.07) is -1.92. The lowest BCUT2D eigenvalue weighted by Crippen LogP contribution is -2.50. The summed E-state index contributed by atoms with van der Waals surface area (Å²) in [5, 5.41) is 3.46. The zero-order valence-corrected chi connectivity index (χ0v) is 11.9. The molecule has 2 atom stereocenters. The van der Waals surface area contributed by atoms with Crippen LogP contribution in [0, 0.1) is 5.92 Å². The SMILES string of the molecule is CN1CC(C(=O)NC(N)=NC(C)(C)C)C(C(F)(F)F)N1. The molecule has 0 aliphatic carbocycles. The summed E-state index contributed by atoms with van der Waals surface area (Å²) in [5.41, 5.74) is 7.21. The second kappa shape index (κ2) is 5.57. The molecule has 0 radical (unpaired) electrons. The van der Waals surface area contributed by atoms with Gasteiger partial charge >= 0.3 is 6.18 Å². The van der Waals surface area contributed by atoms with Gasteiger partial charge in [-0.2, -0.15) is 13.2 Å². The standard InChI is InChI=1S/C11H20F3N5O/c1-10(2,3)17-9(15)16-8(20)6-5-19(4)18-7(6)11(12,13)14/h6-7,18H,5H2,1-4H3,(H3,15,16,17,20). The lowest BCUT2D eigenvalue weighted by Gasteiger charge is -2.21. The zero-order chi connectivity index (χ0) is 15.7. The predicted molar refractivity (Wildman–Crippen MR) is 68.6 cm³/mol. The Morgan fingerprint density at radius 3 is 2.40 bits per heavy atom. The van der Waals surface area contributed by atoms with Gasteiger partial charge in [-0.25, -0.2) is 15.4 Å². The van der Waals surface area contributed by atoms with Crippen molar-refractivity contribution in [3.63, 3.8) is 0 Å². The first kappa shape index (κ1) is 16.7. The normalized spacial score (nSPS) is 25.9. The van der Waals surface area contributed by atoms with Crippen molar-refractivity contribution in [1.29, 1.82) is 0 Å². The number of rotatable bonds is 1. The number of alkyl halides is 3. The van der Waals surface area contributed by atoms with E-state index in [1.54, 1.807) is 20.8 Å². The largest absolute Gasteiger partial charge is 0.405 e. The van der Waals surface area contributed by atoms with Crippen LogP contribution in [0.25, 0.3) is 0 Å². The van der Waals surface area contributed by atoms with Gasteiger partial charge in [-0.05, 0) is 20.8 Å². The smallest absolute Gasteiger partial charge is 0.370 e. The Bertz CT molecular complexity index is 402. The van der Waals surface area contributed by atoms with Crippen molar-refractivity contribution in [3.05, 3.63) is 0 Å². The van der Waals surface area contributed by atoms with Crippen molar-refractivity contribution in [2.75, 3.05) is 13.6 Å². The third-order valence-electron chi connectivity index (χ3n) is 2.63. The molecule has 0 aromatic heterocycles. The lowest BCUT2D eigenvalue weighted by molar-refractivity contribution is -0.168. The fourth-order valence-corrected chi connectivity index (χ4v) is 1.92. The fraction of sp³-hybridized carbons (Fsp3) is 0.818. The summed E-state index contributed by atoms with van der Waals surface area (Å²) in [5.74, 6) is -2.25. The molecule has 4 N–H and O–H groups in total. The second-order valence-electron chi connectivity index (χ2n) is 5.79. The topological polar surface area (TPSA) is 82.8 Å². The van der Waals surface area contributed by atoms with Gasteiger partial charge in [-0.3, -0.25) is 10.1 Å². The first-order chi connectivity index (χ1) is 8.90. The summed E-state index contributed by atoms with van der Waals surface area (Å²) in [4.78, 5) is 15.9. The van der Waals surface area contributed by atoms with Gasteiger partial charge in [0.1, 0.15) is 6.04 Å². The van der Waals surface area contributed by atoms with Crippen molar-refractivity contribution >= 4 is 11.9 Å². The Labute approximate surface area is 115 Å². The Morgan fingerprint density at radius 2 is 1.95 bits per heavy atom. The van der Waals surface area contributed by atoms with Crippen LogP contribution in [-0.2, 0) is 4.79 Å². The molecule has 6 nitrogen and oxygen atoms in total. The molecule has 9 heteroatoms. The van der Waals surface area contributed by atoms with E-state index in [1.807, 2.05) is 0 Å². The highest BCUT2D eigenvalue weighted by Gasteiger charge is 2.51. The van der Waals surface area contributed by atoms with Crippen molar-refractivity contribution in [2.45, 2.75) is 38.5 Å². The zero-order valence-electron chi connectivity index (χ0n) is 11.9. The van der Waals surface area contributed by atoms with Gasteiger partial charge in [-0.1, -0.05) is 0 Å². The molecule has 0 bridgehead atoms. The summed E-state index contributed by atoms with van der Waals surface area (Å²) in [7, 11) is 1.44. The number of amides is 1. The van der Waals surface area contributed by atoms with Gasteiger partial charge in [0.15, 0.2) is 5.96 Å². The number of nitrogens with one attached hydrogen (secondary N) is 2. The Morgan fingerprint density at radius 1 is 1.40 bits per heavy atom. The maximum atomic E-state index is 12.8. The minimum atomic E-state index is -4.51. The highest BCUT2D eigenvalue weighted by atomic mass is 19.4. The molecular formula is C11H20F3N5O. The Hall–Kier alpha value is -1.35. The van der Waals surface area contributed by atoms with E-state index in [-0.39, 0.29) is 12.5 Å². The number of guanidine groups is 1. The van der Waals surface area contributed by atoms with E-state index in [4.69, 9.17) is 5.73 Å². The number of nitrogens with two attached hydrogens (primary N) is 1. The maximum Gasteiger partial charge on any atom is 0.405 e. The van der Waals surface area contributed by atoms with Crippen molar-refractivity contribution in [2.24, 2.45) is 16.6 Å². The molecule has 0 spiro atoms. The van der Waals surface area contributed by atoms with E-state index in [0.29, 0.717) is 0 Å². The Balaban J connectivity index is 2.79. The molecule has 1 aliphatic rings. The monoisotopic (exact) mass is 295 g/mol. The molecule has 1 aliphatic heterocycles. The minimum Gasteiger partial charge on any atom is -0.370 e. The second-order valence-corrected chi connectivity index (χ2v) is 5.79. The van der Waals surface area contributed by atoms with E-state index < -0.39 is 29.6 Å². The summed E-state index contributed by atoms with van der Waals surface area (Å²) >= 11 is 0. The van der Waals surface area contributed by atoms with E-state index in [2.05, 4.69) is 15.7 Å². The van der Waals surface area contributed by atoms with E-state index in [9.17, 15) is 18.0 Å². The summed E-state index contributed by atoms with van der Waals surface area (Å²) in [6.07, 6.45) is -4.51. The molecule has 2 unspecified atom stereocenters. The highest BCUT2D eigenvalue weighted by Crippen LogP contribution is 2.29. The van der Waals surface area contributed by atoms with Crippen molar-refractivity contribution < 1.29 is 18.0 Å². The van der Waals surface area contributed by atoms with Gasteiger partial charge in [0.2, 0.25) is 5.91 Å². The van der Waals surface area contributed by atoms with Gasteiger partial charge < -0.3 is 5.73 Å². The van der Waals surface area contributed by atoms with Crippen LogP contribution >= 0.6 is 0 Å². The molecule has 0 aromatic carbocycles. The van der Waals surface area contributed by atoms with Gasteiger partial charge in [0, 0.05) is 13.6 Å². The third kappa shape index (κ3) is 4.64. The van der Waals surface area contributed by atoms with E-state index in [1.165, 1.54) is 12.1 Å². The van der Waals surface area contributed by atoms with Gasteiger partial charge in [0.25, 0.3) is 0 Å². The highest BCUT2D eigenvalue weighted by molar-refractivity contribution is 5.97. The number of hydrogen-bond acceptors (Lipinski definition) is 4. The van der Waals surface area contributed by atoms with Crippen LogP contribution in [0.2, 0.25) is 0 Å². The number of hydrazine groups is 1. The van der Waals surface area contributed by atoms with Crippen LogP contribution in [0.15, 0.2) is 4.99 Å². The molecular weight excluding hydrogens is 275 g/mol. The average Bonchev–Trinajstić information content (AvgIpc) is 2.56. The number of aliphatic imine (C=N–C) groups is 1.